The zero-order chi connectivity index (χ0) is 39.1. The van der Waals surface area contributed by atoms with Crippen LogP contribution in [0.1, 0.15) is 194 Å². The highest BCUT2D eigenvalue weighted by Crippen LogP contribution is 2.43. The van der Waals surface area contributed by atoms with Gasteiger partial charge in [0.2, 0.25) is 5.91 Å². The van der Waals surface area contributed by atoms with Crippen LogP contribution < -0.4 is 11.1 Å². The Morgan fingerprint density at radius 1 is 0.642 bits per heavy atom. The van der Waals surface area contributed by atoms with Crippen LogP contribution in [0.4, 0.5) is 0 Å². The fraction of sp³-hybridized carbons (Fsp3) is 0.837. The smallest absolute Gasteiger partial charge is 0.393 e. The Labute approximate surface area is 325 Å². The third-order valence-electron chi connectivity index (χ3n) is 9.49. The van der Waals surface area contributed by atoms with Crippen LogP contribution in [0.2, 0.25) is 0 Å². The van der Waals surface area contributed by atoms with Gasteiger partial charge in [0, 0.05) is 6.54 Å². The number of phosphoric acid groups is 1. The summed E-state index contributed by atoms with van der Waals surface area (Å²) in [5.41, 5.74) is 5.35. The molecule has 312 valence electrons. The molecule has 0 aliphatic rings. The molecular weight excluding hydrogens is 687 g/mol. The molecule has 10 heteroatoms. The number of phosphoric ester groups is 1. The van der Waals surface area contributed by atoms with Gasteiger partial charge >= 0.3 is 7.82 Å². The number of carbonyl (C=O) groups is 1. The topological polar surface area (TPSA) is 151 Å². The van der Waals surface area contributed by atoms with Gasteiger partial charge in [-0.05, 0) is 57.8 Å². The highest BCUT2D eigenvalue weighted by atomic mass is 31.2. The fourth-order valence-electron chi connectivity index (χ4n) is 6.19. The summed E-state index contributed by atoms with van der Waals surface area (Å²) in [6.45, 7) is 3.92. The van der Waals surface area contributed by atoms with Crippen molar-refractivity contribution < 1.29 is 33.5 Å². The highest BCUT2D eigenvalue weighted by molar-refractivity contribution is 7.47. The summed E-state index contributed by atoms with van der Waals surface area (Å²) in [4.78, 5) is 22.7. The Morgan fingerprint density at radius 2 is 1.08 bits per heavy atom. The second-order valence-electron chi connectivity index (χ2n) is 14.7. The molecule has 9 nitrogen and oxygen atoms in total. The van der Waals surface area contributed by atoms with Crippen LogP contribution in [0.25, 0.3) is 0 Å². The Balaban J connectivity index is 4.38. The van der Waals surface area contributed by atoms with Crippen LogP contribution in [-0.4, -0.2) is 59.0 Å². The largest absolute Gasteiger partial charge is 0.472 e. The molecule has 0 heterocycles. The maximum atomic E-state index is 12.8. The number of rotatable bonds is 40. The molecule has 0 aromatic carbocycles. The molecule has 0 rings (SSSR count). The van der Waals surface area contributed by atoms with E-state index in [4.69, 9.17) is 14.8 Å². The minimum absolute atomic E-state index is 0.0418. The molecule has 0 aliphatic heterocycles. The zero-order valence-electron chi connectivity index (χ0n) is 34.1. The maximum Gasteiger partial charge on any atom is 0.472 e. The summed E-state index contributed by atoms with van der Waals surface area (Å²) in [5, 5.41) is 23.9. The number of unbranched alkanes of at least 4 members (excludes halogenated alkanes) is 22. The van der Waals surface area contributed by atoms with Gasteiger partial charge < -0.3 is 26.2 Å². The summed E-state index contributed by atoms with van der Waals surface area (Å²) in [6.07, 6.45) is 42.4. The van der Waals surface area contributed by atoms with Gasteiger partial charge in [-0.2, -0.15) is 0 Å². The van der Waals surface area contributed by atoms with E-state index >= 15 is 0 Å². The number of nitrogens with one attached hydrogen (secondary N) is 1. The molecule has 0 fully saturated rings. The van der Waals surface area contributed by atoms with E-state index in [9.17, 15) is 24.5 Å². The van der Waals surface area contributed by atoms with Gasteiger partial charge in [0.15, 0.2) is 0 Å². The number of aliphatic hydroxyl groups is 2. The van der Waals surface area contributed by atoms with Crippen molar-refractivity contribution in [2.75, 3.05) is 19.8 Å². The predicted molar refractivity (Wildman–Crippen MR) is 223 cm³/mol. The molecule has 0 saturated carbocycles. The first kappa shape index (κ1) is 51.7. The number of carbonyl (C=O) groups excluding carboxylic acids is 1. The first-order valence-corrected chi connectivity index (χ1v) is 23.2. The van der Waals surface area contributed by atoms with E-state index < -0.39 is 38.6 Å². The number of aliphatic hydroxyl groups excluding tert-OH is 2. The zero-order valence-corrected chi connectivity index (χ0v) is 35.0. The second-order valence-corrected chi connectivity index (χ2v) is 16.2. The average molecular weight is 771 g/mol. The average Bonchev–Trinajstić information content (AvgIpc) is 3.13. The van der Waals surface area contributed by atoms with Gasteiger partial charge in [0.05, 0.1) is 37.9 Å². The van der Waals surface area contributed by atoms with Gasteiger partial charge in [-0.3, -0.25) is 13.8 Å². The van der Waals surface area contributed by atoms with Crippen LogP contribution in [0, 0.1) is 0 Å². The molecule has 0 aromatic heterocycles. The van der Waals surface area contributed by atoms with Gasteiger partial charge in [-0.15, -0.1) is 0 Å². The van der Waals surface area contributed by atoms with Crippen LogP contribution in [0.15, 0.2) is 36.5 Å². The van der Waals surface area contributed by atoms with E-state index in [0.717, 1.165) is 32.1 Å². The molecule has 1 amide bonds. The lowest BCUT2D eigenvalue weighted by atomic mass is 10.0. The Morgan fingerprint density at radius 3 is 1.57 bits per heavy atom. The monoisotopic (exact) mass is 771 g/mol. The third-order valence-corrected chi connectivity index (χ3v) is 10.5. The predicted octanol–water partition coefficient (Wildman–Crippen LogP) is 10.9. The van der Waals surface area contributed by atoms with Crippen molar-refractivity contribution in [3.8, 4) is 0 Å². The van der Waals surface area contributed by atoms with Crippen molar-refractivity contribution in [2.24, 2.45) is 5.73 Å². The first-order valence-electron chi connectivity index (χ1n) is 21.7. The van der Waals surface area contributed by atoms with E-state index in [0.29, 0.717) is 12.8 Å². The van der Waals surface area contributed by atoms with E-state index in [-0.39, 0.29) is 19.6 Å². The van der Waals surface area contributed by atoms with Gasteiger partial charge in [-0.25, -0.2) is 4.57 Å². The highest BCUT2D eigenvalue weighted by Gasteiger charge is 2.27. The maximum absolute atomic E-state index is 12.8. The van der Waals surface area contributed by atoms with Gasteiger partial charge in [0.1, 0.15) is 0 Å². The summed E-state index contributed by atoms with van der Waals surface area (Å²) in [6, 6.07) is -1.01. The molecule has 0 aromatic rings. The van der Waals surface area contributed by atoms with Gasteiger partial charge in [-0.1, -0.05) is 166 Å². The lowest BCUT2D eigenvalue weighted by Gasteiger charge is -2.24. The van der Waals surface area contributed by atoms with Crippen molar-refractivity contribution in [3.63, 3.8) is 0 Å². The van der Waals surface area contributed by atoms with E-state index in [1.165, 1.54) is 128 Å². The van der Waals surface area contributed by atoms with E-state index in [1.54, 1.807) is 6.08 Å². The molecule has 0 spiro atoms. The van der Waals surface area contributed by atoms with Crippen LogP contribution in [-0.2, 0) is 18.4 Å². The molecule has 0 bridgehead atoms. The summed E-state index contributed by atoms with van der Waals surface area (Å²) in [7, 11) is -4.41. The minimum Gasteiger partial charge on any atom is -0.393 e. The number of hydrogen-bond donors (Lipinski definition) is 5. The molecule has 6 N–H and O–H groups in total. The molecule has 0 saturated heterocycles. The quantitative estimate of drug-likeness (QED) is 0.0235. The number of amides is 1. The third kappa shape index (κ3) is 37.4. The standard InChI is InChI=1S/C43H83N2O7P/c1-3-5-7-9-11-13-15-16-17-18-19-20-21-22-23-25-27-29-31-33-35-42(47)41(39-52-53(49,50)51-37-36-44)45-43(48)38-40(46)34-32-30-28-26-24-14-12-10-8-6-4-2/h25-28,33,35,40-42,46-47H,3-24,29-32,34,36-39,44H2,1-2H3,(H,45,48)(H,49,50)/b27-25+,28-26-,35-33+. The SMILES string of the molecule is CCCCCCCC/C=C\CCCC(O)CC(=O)NC(COP(=O)(O)OCCN)C(O)/C=C/CC/C=C/CCCCCCCCCCCCCCCC. The molecular formula is C43H83N2O7P. The lowest BCUT2D eigenvalue weighted by Crippen LogP contribution is -2.46. The van der Waals surface area contributed by atoms with Crippen LogP contribution in [0.5, 0.6) is 0 Å². The summed E-state index contributed by atoms with van der Waals surface area (Å²) >= 11 is 0. The number of nitrogens with two attached hydrogens (primary N) is 1. The van der Waals surface area contributed by atoms with Crippen molar-refractivity contribution in [3.05, 3.63) is 36.5 Å². The lowest BCUT2D eigenvalue weighted by molar-refractivity contribution is -0.124. The Bertz CT molecular complexity index is 946. The van der Waals surface area contributed by atoms with Crippen molar-refractivity contribution in [1.29, 1.82) is 0 Å². The molecule has 0 aliphatic carbocycles. The summed E-state index contributed by atoms with van der Waals surface area (Å²) in [5.74, 6) is -0.473. The Kier molecular flexibility index (Phi) is 38.0. The normalized spacial score (nSPS) is 15.1. The minimum atomic E-state index is -4.41. The van der Waals surface area contributed by atoms with Crippen molar-refractivity contribution in [2.45, 2.75) is 212 Å². The van der Waals surface area contributed by atoms with Crippen LogP contribution in [0.3, 0.4) is 0 Å². The first-order chi connectivity index (χ1) is 25.8. The van der Waals surface area contributed by atoms with E-state index in [2.05, 4.69) is 43.5 Å². The molecule has 53 heavy (non-hydrogen) atoms. The summed E-state index contributed by atoms with van der Waals surface area (Å²) < 4.78 is 22.0. The number of allylic oxidation sites excluding steroid dienone is 5. The fourth-order valence-corrected chi connectivity index (χ4v) is 6.95. The van der Waals surface area contributed by atoms with Gasteiger partial charge in [0.25, 0.3) is 0 Å². The Hall–Kier alpha value is -1.32. The van der Waals surface area contributed by atoms with Crippen LogP contribution >= 0.6 is 7.82 Å². The van der Waals surface area contributed by atoms with E-state index in [1.807, 2.05) is 6.08 Å². The molecule has 4 unspecified atom stereocenters. The molecule has 0 radical (unpaired) electrons. The number of hydrogen-bond acceptors (Lipinski definition) is 7. The molecule has 4 atom stereocenters. The van der Waals surface area contributed by atoms with Crippen molar-refractivity contribution in [1.82, 2.24) is 5.32 Å². The second kappa shape index (κ2) is 38.9. The van der Waals surface area contributed by atoms with Crippen molar-refractivity contribution >= 4 is 13.7 Å².